The Bertz CT molecular complexity index is 69.3. The van der Waals surface area contributed by atoms with Gasteiger partial charge >= 0.3 is 0 Å². The second-order valence-electron chi connectivity index (χ2n) is 3.65. The molecule has 0 spiro atoms. The van der Waals surface area contributed by atoms with E-state index in [2.05, 4.69) is 13.8 Å². The van der Waals surface area contributed by atoms with Crippen LogP contribution in [0, 0.1) is 5.92 Å². The summed E-state index contributed by atoms with van der Waals surface area (Å²) in [6.45, 7) is 4.59. The third-order valence-electron chi connectivity index (χ3n) is 1.93. The first-order valence-electron chi connectivity index (χ1n) is 4.85. The molecule has 0 unspecified atom stereocenters. The third kappa shape index (κ3) is 10.4. The maximum atomic E-state index is 4.87. The van der Waals surface area contributed by atoms with E-state index in [1.54, 1.807) is 0 Å². The summed E-state index contributed by atoms with van der Waals surface area (Å²) in [7, 11) is 0. The van der Waals surface area contributed by atoms with Crippen LogP contribution in [0.5, 0.6) is 0 Å². The molecule has 0 aromatic rings. The van der Waals surface area contributed by atoms with Gasteiger partial charge in [0.2, 0.25) is 0 Å². The van der Waals surface area contributed by atoms with E-state index >= 15 is 0 Å². The van der Waals surface area contributed by atoms with Crippen molar-refractivity contribution in [3.05, 3.63) is 0 Å². The highest BCUT2D eigenvalue weighted by atomic mass is 32.1. The van der Waals surface area contributed by atoms with Crippen molar-refractivity contribution in [2.75, 3.05) is 5.75 Å². The molecule has 0 bridgehead atoms. The Hall–Kier alpha value is 0.350. The Morgan fingerprint density at radius 1 is 0.909 bits per heavy atom. The molecule has 0 aliphatic rings. The van der Waals surface area contributed by atoms with E-state index in [0.29, 0.717) is 0 Å². The molecule has 0 amide bonds. The molecule has 11 heavy (non-hydrogen) atoms. The predicted molar refractivity (Wildman–Crippen MR) is 55.0 cm³/mol. The van der Waals surface area contributed by atoms with Crippen LogP contribution in [0.2, 0.25) is 0 Å². The first-order valence-corrected chi connectivity index (χ1v) is 5.43. The van der Waals surface area contributed by atoms with Gasteiger partial charge in [-0.2, -0.15) is 0 Å². The summed E-state index contributed by atoms with van der Waals surface area (Å²) in [6, 6.07) is 0. The molecule has 0 aliphatic heterocycles. The summed E-state index contributed by atoms with van der Waals surface area (Å²) in [5.74, 6) is 1.83. The van der Waals surface area contributed by atoms with Gasteiger partial charge in [-0.3, -0.25) is 0 Å². The van der Waals surface area contributed by atoms with Crippen LogP contribution in [-0.2, 0) is 0 Å². The maximum Gasteiger partial charge on any atom is 0.00369 e. The van der Waals surface area contributed by atoms with E-state index in [0.717, 1.165) is 11.7 Å². The van der Waals surface area contributed by atoms with Gasteiger partial charge in [0.1, 0.15) is 0 Å². The van der Waals surface area contributed by atoms with Gasteiger partial charge in [0.25, 0.3) is 0 Å². The average Bonchev–Trinajstić information content (AvgIpc) is 1.96. The molecule has 67 valence electrons. The van der Waals surface area contributed by atoms with Crippen molar-refractivity contribution in [3.8, 4) is 0 Å². The van der Waals surface area contributed by atoms with E-state index < -0.39 is 0 Å². The Kier molecular flexibility index (Phi) is 8.72. The normalized spacial score (nSPS) is 10.9. The van der Waals surface area contributed by atoms with Gasteiger partial charge in [-0.1, -0.05) is 58.6 Å². The standard InChI is InChI=1S/C10H21S/c1-10(2)8-6-4-3-5-7-9-11/h10H,3-9H2,1-2H3. The second-order valence-corrected chi connectivity index (χ2v) is 4.06. The van der Waals surface area contributed by atoms with E-state index in [9.17, 15) is 0 Å². The molecule has 0 heterocycles. The highest BCUT2D eigenvalue weighted by Crippen LogP contribution is 2.10. The molecular formula is C10H21S. The van der Waals surface area contributed by atoms with Crippen LogP contribution in [0.25, 0.3) is 0 Å². The average molecular weight is 173 g/mol. The SMILES string of the molecule is CC(C)CCCCCCC[S]. The van der Waals surface area contributed by atoms with Crippen LogP contribution in [0.15, 0.2) is 0 Å². The lowest BCUT2D eigenvalue weighted by molar-refractivity contribution is 0.519. The summed E-state index contributed by atoms with van der Waals surface area (Å²) in [5.41, 5.74) is 0. The van der Waals surface area contributed by atoms with Crippen molar-refractivity contribution in [1.29, 1.82) is 0 Å². The van der Waals surface area contributed by atoms with E-state index in [-0.39, 0.29) is 0 Å². The minimum Gasteiger partial charge on any atom is -0.0942 e. The van der Waals surface area contributed by atoms with Gasteiger partial charge in [-0.15, -0.1) is 0 Å². The molecule has 1 heteroatoms. The molecule has 0 aromatic carbocycles. The van der Waals surface area contributed by atoms with Gasteiger partial charge in [0, 0.05) is 5.75 Å². The lowest BCUT2D eigenvalue weighted by Gasteiger charge is -2.03. The zero-order valence-electron chi connectivity index (χ0n) is 7.94. The highest BCUT2D eigenvalue weighted by molar-refractivity contribution is 7.80. The highest BCUT2D eigenvalue weighted by Gasteiger charge is 1.93. The monoisotopic (exact) mass is 173 g/mol. The molecule has 0 saturated carbocycles. The van der Waals surface area contributed by atoms with Gasteiger partial charge in [-0.25, -0.2) is 0 Å². The Morgan fingerprint density at radius 3 is 2.00 bits per heavy atom. The van der Waals surface area contributed by atoms with Crippen molar-refractivity contribution >= 4 is 12.6 Å². The minimum absolute atomic E-state index is 0.883. The summed E-state index contributed by atoms with van der Waals surface area (Å²) >= 11 is 4.87. The number of rotatable bonds is 7. The smallest absolute Gasteiger partial charge is 0.00369 e. The molecule has 0 fully saturated rings. The molecule has 0 saturated heterocycles. The van der Waals surface area contributed by atoms with Crippen molar-refractivity contribution in [2.45, 2.75) is 52.4 Å². The van der Waals surface area contributed by atoms with E-state index in [1.807, 2.05) is 0 Å². The van der Waals surface area contributed by atoms with Crippen LogP contribution in [0.1, 0.15) is 52.4 Å². The van der Waals surface area contributed by atoms with Crippen LogP contribution < -0.4 is 0 Å². The van der Waals surface area contributed by atoms with Crippen LogP contribution in [-0.4, -0.2) is 5.75 Å². The molecule has 0 aliphatic carbocycles. The number of hydrogen-bond donors (Lipinski definition) is 0. The van der Waals surface area contributed by atoms with Crippen LogP contribution in [0.4, 0.5) is 0 Å². The molecule has 0 atom stereocenters. The fourth-order valence-electron chi connectivity index (χ4n) is 1.18. The van der Waals surface area contributed by atoms with Crippen molar-refractivity contribution in [2.24, 2.45) is 5.92 Å². The maximum absolute atomic E-state index is 4.87. The Morgan fingerprint density at radius 2 is 1.45 bits per heavy atom. The summed E-state index contributed by atoms with van der Waals surface area (Å²) in [6.07, 6.45) is 8.21. The third-order valence-corrected chi connectivity index (χ3v) is 2.21. The zero-order valence-corrected chi connectivity index (χ0v) is 8.75. The van der Waals surface area contributed by atoms with Gasteiger partial charge in [-0.05, 0) is 12.3 Å². The predicted octanol–water partition coefficient (Wildman–Crippen LogP) is 4.18. The van der Waals surface area contributed by atoms with E-state index in [4.69, 9.17) is 12.6 Å². The zero-order chi connectivity index (χ0) is 8.53. The lowest BCUT2D eigenvalue weighted by Crippen LogP contribution is -1.87. The molecule has 0 nitrogen and oxygen atoms in total. The topological polar surface area (TPSA) is 0 Å². The van der Waals surface area contributed by atoms with Crippen LogP contribution >= 0.6 is 12.6 Å². The van der Waals surface area contributed by atoms with Gasteiger partial charge in [0.05, 0.1) is 0 Å². The number of hydrogen-bond acceptors (Lipinski definition) is 0. The summed E-state index contributed by atoms with van der Waals surface area (Å²) in [4.78, 5) is 0. The summed E-state index contributed by atoms with van der Waals surface area (Å²) < 4.78 is 0. The van der Waals surface area contributed by atoms with Gasteiger partial charge < -0.3 is 0 Å². The first kappa shape index (κ1) is 11.4. The fourth-order valence-corrected chi connectivity index (χ4v) is 1.39. The second kappa shape index (κ2) is 8.45. The van der Waals surface area contributed by atoms with E-state index in [1.165, 1.54) is 38.5 Å². The molecule has 1 radical (unpaired) electrons. The Labute approximate surface area is 77.2 Å². The lowest BCUT2D eigenvalue weighted by atomic mass is 10.0. The quantitative estimate of drug-likeness (QED) is 0.507. The Balaban J connectivity index is 2.80. The molecule has 0 N–H and O–H groups in total. The van der Waals surface area contributed by atoms with Crippen molar-refractivity contribution < 1.29 is 0 Å². The van der Waals surface area contributed by atoms with Crippen molar-refractivity contribution in [1.82, 2.24) is 0 Å². The number of unbranched alkanes of at least 4 members (excludes halogenated alkanes) is 4. The fraction of sp³-hybridized carbons (Fsp3) is 1.00. The minimum atomic E-state index is 0.883. The van der Waals surface area contributed by atoms with Gasteiger partial charge in [0.15, 0.2) is 0 Å². The largest absolute Gasteiger partial charge is 0.0942 e. The van der Waals surface area contributed by atoms with Crippen molar-refractivity contribution in [3.63, 3.8) is 0 Å². The first-order chi connectivity index (χ1) is 5.27. The molecule has 0 aromatic heterocycles. The van der Waals surface area contributed by atoms with Crippen LogP contribution in [0.3, 0.4) is 0 Å². The summed E-state index contributed by atoms with van der Waals surface area (Å²) in [5, 5.41) is 0. The molecular weight excluding hydrogens is 152 g/mol. The molecule has 0 rings (SSSR count).